The molecule has 0 aromatic carbocycles. The predicted molar refractivity (Wildman–Crippen MR) is 101 cm³/mol. The Hall–Kier alpha value is -1.49. The number of hydrogen-bond donors (Lipinski definition) is 1. The molecule has 0 spiro atoms. The molecule has 1 N–H and O–H groups in total. The molecule has 1 aliphatic rings. The van der Waals surface area contributed by atoms with Gasteiger partial charge in [-0.3, -0.25) is 9.59 Å². The number of ketones is 2. The lowest BCUT2D eigenvalue weighted by atomic mass is 9.85. The number of methoxy groups -OCH3 is 1. The minimum atomic E-state index is -0.602. The van der Waals surface area contributed by atoms with Gasteiger partial charge in [0.15, 0.2) is 0 Å². The normalized spacial score (nSPS) is 22.9. The Morgan fingerprint density at radius 2 is 1.92 bits per heavy atom. The van der Waals surface area contributed by atoms with E-state index in [1.165, 1.54) is 13.2 Å². The highest BCUT2D eigenvalue weighted by Crippen LogP contribution is 2.36. The summed E-state index contributed by atoms with van der Waals surface area (Å²) in [6.07, 6.45) is 10.9. The van der Waals surface area contributed by atoms with Crippen molar-refractivity contribution in [1.29, 1.82) is 0 Å². The fourth-order valence-corrected chi connectivity index (χ4v) is 3.68. The number of aliphatic hydroxyl groups is 1. The Morgan fingerprint density at radius 1 is 1.15 bits per heavy atom. The molecular formula is C21H34O5. The molecule has 1 fully saturated rings. The molecule has 26 heavy (non-hydrogen) atoms. The Labute approximate surface area is 157 Å². The summed E-state index contributed by atoms with van der Waals surface area (Å²) in [6, 6.07) is 0. The first kappa shape index (κ1) is 22.6. The Balaban J connectivity index is 2.34. The number of ether oxygens (including phenoxy) is 1. The minimum Gasteiger partial charge on any atom is -0.466 e. The van der Waals surface area contributed by atoms with Gasteiger partial charge in [-0.25, -0.2) is 4.79 Å². The van der Waals surface area contributed by atoms with Crippen LogP contribution < -0.4 is 0 Å². The minimum absolute atomic E-state index is 0.0803. The maximum Gasteiger partial charge on any atom is 0.330 e. The van der Waals surface area contributed by atoms with Crippen molar-refractivity contribution in [2.45, 2.75) is 83.7 Å². The van der Waals surface area contributed by atoms with E-state index in [0.717, 1.165) is 44.9 Å². The highest BCUT2D eigenvalue weighted by atomic mass is 16.5. The molecule has 0 aliphatic heterocycles. The van der Waals surface area contributed by atoms with Crippen molar-refractivity contribution in [2.24, 2.45) is 11.8 Å². The van der Waals surface area contributed by atoms with Gasteiger partial charge in [-0.2, -0.15) is 0 Å². The summed E-state index contributed by atoms with van der Waals surface area (Å²) in [5.74, 6) is -0.188. The van der Waals surface area contributed by atoms with Crippen molar-refractivity contribution in [3.8, 4) is 0 Å². The molecule has 3 atom stereocenters. The topological polar surface area (TPSA) is 80.7 Å². The number of esters is 1. The molecule has 5 heteroatoms. The average Bonchev–Trinajstić information content (AvgIpc) is 2.89. The molecule has 0 saturated heterocycles. The lowest BCUT2D eigenvalue weighted by Gasteiger charge is -2.20. The van der Waals surface area contributed by atoms with Crippen molar-refractivity contribution in [1.82, 2.24) is 0 Å². The number of carbonyl (C=O) groups is 3. The summed E-state index contributed by atoms with van der Waals surface area (Å²) in [6.45, 7) is 2.11. The third-order valence-corrected chi connectivity index (χ3v) is 5.24. The summed E-state index contributed by atoms with van der Waals surface area (Å²) in [4.78, 5) is 35.1. The molecule has 2 unspecified atom stereocenters. The number of rotatable bonds is 13. The standard InChI is InChI=1S/C21H34O5/c1-3-4-7-10-16(22)13-14-18-17(19(23)15-20(18)24)11-8-5-6-9-12-21(25)26-2/h9,12,17-18,20,24H,3-8,10-11,13-15H2,1-2H3/b12-9+/t17?,18-,20?/m1/s1. The Morgan fingerprint density at radius 3 is 2.62 bits per heavy atom. The molecule has 0 heterocycles. The zero-order valence-corrected chi connectivity index (χ0v) is 16.2. The Kier molecular flexibility index (Phi) is 11.1. The van der Waals surface area contributed by atoms with E-state index in [2.05, 4.69) is 11.7 Å². The second kappa shape index (κ2) is 12.8. The number of Topliss-reactive ketones (excluding diaryl/α,β-unsaturated/α-hetero) is 2. The molecule has 5 nitrogen and oxygen atoms in total. The number of carbonyl (C=O) groups excluding carboxylic acids is 3. The van der Waals surface area contributed by atoms with Crippen LogP contribution in [-0.4, -0.2) is 35.9 Å². The van der Waals surface area contributed by atoms with Gasteiger partial charge in [0.2, 0.25) is 0 Å². The van der Waals surface area contributed by atoms with Gasteiger partial charge in [-0.15, -0.1) is 0 Å². The van der Waals surface area contributed by atoms with Crippen LogP contribution in [0.3, 0.4) is 0 Å². The van der Waals surface area contributed by atoms with E-state index in [4.69, 9.17) is 0 Å². The second-order valence-corrected chi connectivity index (χ2v) is 7.25. The fourth-order valence-electron chi connectivity index (χ4n) is 3.68. The van der Waals surface area contributed by atoms with E-state index in [1.54, 1.807) is 6.08 Å². The lowest BCUT2D eigenvalue weighted by molar-refractivity contribution is -0.134. The summed E-state index contributed by atoms with van der Waals surface area (Å²) in [5, 5.41) is 10.2. The zero-order chi connectivity index (χ0) is 19.4. The van der Waals surface area contributed by atoms with Crippen LogP contribution in [0.2, 0.25) is 0 Å². The van der Waals surface area contributed by atoms with Crippen LogP contribution in [0.25, 0.3) is 0 Å². The second-order valence-electron chi connectivity index (χ2n) is 7.25. The van der Waals surface area contributed by atoms with Crippen LogP contribution in [0.15, 0.2) is 12.2 Å². The summed E-state index contributed by atoms with van der Waals surface area (Å²) < 4.78 is 4.53. The number of hydrogen-bond acceptors (Lipinski definition) is 5. The van der Waals surface area contributed by atoms with Gasteiger partial charge in [-0.1, -0.05) is 32.3 Å². The summed E-state index contributed by atoms with van der Waals surface area (Å²) in [7, 11) is 1.35. The van der Waals surface area contributed by atoms with E-state index in [-0.39, 0.29) is 35.8 Å². The maximum absolute atomic E-state index is 12.2. The molecule has 0 radical (unpaired) electrons. The van der Waals surface area contributed by atoms with Gasteiger partial charge in [-0.05, 0) is 38.0 Å². The van der Waals surface area contributed by atoms with Crippen LogP contribution in [0.5, 0.6) is 0 Å². The molecule has 1 aliphatic carbocycles. The van der Waals surface area contributed by atoms with Gasteiger partial charge >= 0.3 is 5.97 Å². The number of unbranched alkanes of at least 4 members (excludes halogenated alkanes) is 4. The van der Waals surface area contributed by atoms with Crippen LogP contribution in [0, 0.1) is 11.8 Å². The quantitative estimate of drug-likeness (QED) is 0.305. The summed E-state index contributed by atoms with van der Waals surface area (Å²) in [5.41, 5.74) is 0. The molecule has 1 rings (SSSR count). The molecule has 0 aromatic rings. The fraction of sp³-hybridized carbons (Fsp3) is 0.762. The van der Waals surface area contributed by atoms with Crippen LogP contribution >= 0.6 is 0 Å². The molecule has 148 valence electrons. The molecule has 1 saturated carbocycles. The first-order chi connectivity index (χ1) is 12.5. The van der Waals surface area contributed by atoms with Crippen molar-refractivity contribution in [3.05, 3.63) is 12.2 Å². The van der Waals surface area contributed by atoms with E-state index in [1.807, 2.05) is 0 Å². The monoisotopic (exact) mass is 366 g/mol. The van der Waals surface area contributed by atoms with Gasteiger partial charge in [0, 0.05) is 31.3 Å². The van der Waals surface area contributed by atoms with Gasteiger partial charge < -0.3 is 9.84 Å². The molecule has 0 bridgehead atoms. The SMILES string of the molecule is CCCCCC(=O)CC[C@H]1C(O)CC(=O)C1CCCC/C=C/C(=O)OC. The largest absolute Gasteiger partial charge is 0.466 e. The van der Waals surface area contributed by atoms with Crippen LogP contribution in [-0.2, 0) is 19.1 Å². The van der Waals surface area contributed by atoms with Crippen molar-refractivity contribution < 1.29 is 24.2 Å². The lowest BCUT2D eigenvalue weighted by Crippen LogP contribution is -2.21. The van der Waals surface area contributed by atoms with Crippen molar-refractivity contribution >= 4 is 17.5 Å². The smallest absolute Gasteiger partial charge is 0.330 e. The van der Waals surface area contributed by atoms with Gasteiger partial charge in [0.25, 0.3) is 0 Å². The first-order valence-electron chi connectivity index (χ1n) is 9.96. The maximum atomic E-state index is 12.2. The molecular weight excluding hydrogens is 332 g/mol. The van der Waals surface area contributed by atoms with E-state index in [0.29, 0.717) is 19.3 Å². The third kappa shape index (κ3) is 8.26. The highest BCUT2D eigenvalue weighted by Gasteiger charge is 2.40. The van der Waals surface area contributed by atoms with Gasteiger partial charge in [0.1, 0.15) is 11.6 Å². The predicted octanol–water partition coefficient (Wildman–Crippen LogP) is 3.77. The van der Waals surface area contributed by atoms with E-state index >= 15 is 0 Å². The zero-order valence-electron chi connectivity index (χ0n) is 16.2. The van der Waals surface area contributed by atoms with Crippen LogP contribution in [0.4, 0.5) is 0 Å². The molecule has 0 aromatic heterocycles. The molecule has 0 amide bonds. The Bertz CT molecular complexity index is 483. The summed E-state index contributed by atoms with van der Waals surface area (Å²) >= 11 is 0. The first-order valence-corrected chi connectivity index (χ1v) is 9.96. The van der Waals surface area contributed by atoms with E-state index in [9.17, 15) is 19.5 Å². The average molecular weight is 366 g/mol. The number of allylic oxidation sites excluding steroid dienone is 1. The van der Waals surface area contributed by atoms with Crippen LogP contribution in [0.1, 0.15) is 77.6 Å². The van der Waals surface area contributed by atoms with E-state index < -0.39 is 6.10 Å². The van der Waals surface area contributed by atoms with Crippen molar-refractivity contribution in [3.63, 3.8) is 0 Å². The highest BCUT2D eigenvalue weighted by molar-refractivity contribution is 5.84. The van der Waals surface area contributed by atoms with Crippen molar-refractivity contribution in [2.75, 3.05) is 7.11 Å². The third-order valence-electron chi connectivity index (χ3n) is 5.24. The van der Waals surface area contributed by atoms with Gasteiger partial charge in [0.05, 0.1) is 13.2 Å². The number of aliphatic hydroxyl groups excluding tert-OH is 1.